The Hall–Kier alpha value is -2.01. The first kappa shape index (κ1) is 21.7. The highest BCUT2D eigenvalue weighted by Gasteiger charge is 2.13. The van der Waals surface area contributed by atoms with Crippen molar-refractivity contribution in [2.45, 2.75) is 20.5 Å². The molecular formula is C23H20BrCl2NO2. The highest BCUT2D eigenvalue weighted by Crippen LogP contribution is 2.37. The molecule has 0 aromatic heterocycles. The maximum Gasteiger partial charge on any atom is 0.175 e. The minimum atomic E-state index is 0.341. The minimum Gasteiger partial charge on any atom is -0.490 e. The van der Waals surface area contributed by atoms with Crippen LogP contribution in [-0.4, -0.2) is 12.8 Å². The molecule has 0 N–H and O–H groups in total. The van der Waals surface area contributed by atoms with Gasteiger partial charge in [-0.25, -0.2) is 0 Å². The van der Waals surface area contributed by atoms with E-state index >= 15 is 0 Å². The van der Waals surface area contributed by atoms with Gasteiger partial charge in [0.15, 0.2) is 11.5 Å². The number of aliphatic imine (C=N–C) groups is 1. The summed E-state index contributed by atoms with van der Waals surface area (Å²) in [6.07, 6.45) is 1.78. The van der Waals surface area contributed by atoms with Crippen LogP contribution >= 0.6 is 39.1 Å². The summed E-state index contributed by atoms with van der Waals surface area (Å²) < 4.78 is 12.6. The molecular weight excluding hydrogens is 473 g/mol. The number of nitrogens with zero attached hydrogens (tertiary/aromatic N) is 1. The van der Waals surface area contributed by atoms with Gasteiger partial charge in [-0.1, -0.05) is 47.5 Å². The van der Waals surface area contributed by atoms with Crippen molar-refractivity contribution >= 4 is 51.0 Å². The van der Waals surface area contributed by atoms with Gasteiger partial charge in [-0.3, -0.25) is 4.99 Å². The normalized spacial score (nSPS) is 11.1. The fourth-order valence-electron chi connectivity index (χ4n) is 2.70. The third kappa shape index (κ3) is 5.75. The van der Waals surface area contributed by atoms with Gasteiger partial charge >= 0.3 is 0 Å². The van der Waals surface area contributed by atoms with E-state index in [0.29, 0.717) is 34.8 Å². The average molecular weight is 493 g/mol. The Bertz CT molecular complexity index is 1040. The van der Waals surface area contributed by atoms with E-state index < -0.39 is 0 Å². The van der Waals surface area contributed by atoms with Crippen molar-refractivity contribution in [3.63, 3.8) is 0 Å². The Kier molecular flexibility index (Phi) is 7.59. The third-order valence-corrected chi connectivity index (χ3v) is 5.38. The SMILES string of the molecule is CCOc1cc(C=Nc2cc(Cl)ccc2C)cc(Br)c1OCc1ccccc1Cl. The van der Waals surface area contributed by atoms with Gasteiger partial charge < -0.3 is 9.47 Å². The Balaban J connectivity index is 1.86. The summed E-state index contributed by atoms with van der Waals surface area (Å²) in [5, 5.41) is 1.32. The van der Waals surface area contributed by atoms with Crippen LogP contribution < -0.4 is 9.47 Å². The first-order chi connectivity index (χ1) is 14.0. The summed E-state index contributed by atoms with van der Waals surface area (Å²) in [5.41, 5.74) is 3.66. The van der Waals surface area contributed by atoms with Crippen LogP contribution in [0.3, 0.4) is 0 Å². The quantitative estimate of drug-likeness (QED) is 0.315. The summed E-state index contributed by atoms with van der Waals surface area (Å²) in [4.78, 5) is 4.57. The fourth-order valence-corrected chi connectivity index (χ4v) is 3.63. The molecule has 0 aliphatic heterocycles. The molecule has 0 fully saturated rings. The topological polar surface area (TPSA) is 30.8 Å². The van der Waals surface area contributed by atoms with Gasteiger partial charge in [0, 0.05) is 21.8 Å². The summed E-state index contributed by atoms with van der Waals surface area (Å²) in [7, 11) is 0. The van der Waals surface area contributed by atoms with Crippen molar-refractivity contribution in [1.82, 2.24) is 0 Å². The maximum atomic E-state index is 6.23. The lowest BCUT2D eigenvalue weighted by Gasteiger charge is -2.15. The molecule has 3 nitrogen and oxygen atoms in total. The van der Waals surface area contributed by atoms with E-state index in [-0.39, 0.29) is 0 Å². The van der Waals surface area contributed by atoms with E-state index in [4.69, 9.17) is 32.7 Å². The molecule has 0 radical (unpaired) electrons. The Morgan fingerprint density at radius 2 is 1.83 bits per heavy atom. The molecule has 0 spiro atoms. The smallest absolute Gasteiger partial charge is 0.175 e. The van der Waals surface area contributed by atoms with Crippen molar-refractivity contribution in [1.29, 1.82) is 0 Å². The van der Waals surface area contributed by atoms with Crippen molar-refractivity contribution in [2.75, 3.05) is 6.61 Å². The van der Waals surface area contributed by atoms with Gasteiger partial charge in [0.2, 0.25) is 0 Å². The van der Waals surface area contributed by atoms with Gasteiger partial charge in [-0.05, 0) is 71.2 Å². The molecule has 3 aromatic rings. The minimum absolute atomic E-state index is 0.341. The highest BCUT2D eigenvalue weighted by molar-refractivity contribution is 9.10. The zero-order valence-corrected chi connectivity index (χ0v) is 19.2. The van der Waals surface area contributed by atoms with Gasteiger partial charge in [0.05, 0.1) is 16.8 Å². The predicted molar refractivity (Wildman–Crippen MR) is 125 cm³/mol. The van der Waals surface area contributed by atoms with E-state index in [1.165, 1.54) is 0 Å². The van der Waals surface area contributed by atoms with E-state index in [0.717, 1.165) is 26.9 Å². The Morgan fingerprint density at radius 3 is 2.59 bits per heavy atom. The van der Waals surface area contributed by atoms with Crippen molar-refractivity contribution < 1.29 is 9.47 Å². The summed E-state index contributed by atoms with van der Waals surface area (Å²) in [5.74, 6) is 1.26. The summed E-state index contributed by atoms with van der Waals surface area (Å²) in [6.45, 7) is 4.79. The number of hydrogen-bond acceptors (Lipinski definition) is 3. The van der Waals surface area contributed by atoms with Crippen LogP contribution in [0.25, 0.3) is 0 Å². The molecule has 0 amide bonds. The summed E-state index contributed by atoms with van der Waals surface area (Å²) in [6, 6.07) is 17.1. The monoisotopic (exact) mass is 491 g/mol. The average Bonchev–Trinajstić information content (AvgIpc) is 2.69. The van der Waals surface area contributed by atoms with Crippen LogP contribution in [0.15, 0.2) is 64.1 Å². The first-order valence-electron chi connectivity index (χ1n) is 9.10. The number of ether oxygens (including phenoxy) is 2. The number of hydrogen-bond donors (Lipinski definition) is 0. The van der Waals surface area contributed by atoms with Gasteiger partial charge in [-0.2, -0.15) is 0 Å². The second-order valence-electron chi connectivity index (χ2n) is 6.33. The molecule has 6 heteroatoms. The molecule has 3 aromatic carbocycles. The third-order valence-electron chi connectivity index (χ3n) is 4.19. The lowest BCUT2D eigenvalue weighted by molar-refractivity contribution is 0.267. The number of halogens is 3. The molecule has 29 heavy (non-hydrogen) atoms. The van der Waals surface area contributed by atoms with Gasteiger partial charge in [0.1, 0.15) is 6.61 Å². The lowest BCUT2D eigenvalue weighted by atomic mass is 10.2. The molecule has 0 atom stereocenters. The van der Waals surface area contributed by atoms with Crippen LogP contribution in [0, 0.1) is 6.92 Å². The largest absolute Gasteiger partial charge is 0.490 e. The number of aryl methyl sites for hydroxylation is 1. The van der Waals surface area contributed by atoms with Crippen molar-refractivity contribution in [2.24, 2.45) is 4.99 Å². The van der Waals surface area contributed by atoms with Gasteiger partial charge in [-0.15, -0.1) is 0 Å². The Morgan fingerprint density at radius 1 is 1.03 bits per heavy atom. The highest BCUT2D eigenvalue weighted by atomic mass is 79.9. The van der Waals surface area contributed by atoms with Crippen LogP contribution in [0.5, 0.6) is 11.5 Å². The first-order valence-corrected chi connectivity index (χ1v) is 10.7. The zero-order valence-electron chi connectivity index (χ0n) is 16.1. The van der Waals surface area contributed by atoms with Crippen LogP contribution in [0.1, 0.15) is 23.6 Å². The number of benzene rings is 3. The number of rotatable bonds is 7. The van der Waals surface area contributed by atoms with Crippen LogP contribution in [0.4, 0.5) is 5.69 Å². The fraction of sp³-hybridized carbons (Fsp3) is 0.174. The van der Waals surface area contributed by atoms with E-state index in [1.54, 1.807) is 6.21 Å². The molecule has 0 heterocycles. The van der Waals surface area contributed by atoms with E-state index in [2.05, 4.69) is 20.9 Å². The van der Waals surface area contributed by atoms with E-state index in [9.17, 15) is 0 Å². The van der Waals surface area contributed by atoms with Crippen LogP contribution in [-0.2, 0) is 6.61 Å². The van der Waals surface area contributed by atoms with Gasteiger partial charge in [0.25, 0.3) is 0 Å². The maximum absolute atomic E-state index is 6.23. The summed E-state index contributed by atoms with van der Waals surface area (Å²) >= 11 is 15.9. The molecule has 0 aliphatic carbocycles. The second-order valence-corrected chi connectivity index (χ2v) is 8.03. The van der Waals surface area contributed by atoms with Crippen LogP contribution in [0.2, 0.25) is 10.0 Å². The van der Waals surface area contributed by atoms with Crippen molar-refractivity contribution in [3.05, 3.63) is 85.8 Å². The molecule has 0 aliphatic rings. The second kappa shape index (κ2) is 10.1. The molecule has 0 saturated heterocycles. The molecule has 150 valence electrons. The lowest BCUT2D eigenvalue weighted by Crippen LogP contribution is -2.02. The molecule has 0 saturated carbocycles. The standard InChI is InChI=1S/C23H20BrCl2NO2/c1-3-28-22-11-16(13-27-21-12-18(25)9-8-15(21)2)10-19(24)23(22)29-14-17-6-4-5-7-20(17)26/h4-13H,3,14H2,1-2H3. The molecule has 0 bridgehead atoms. The predicted octanol–water partition coefficient (Wildman–Crippen LogP) is 7.79. The Labute approximate surface area is 189 Å². The van der Waals surface area contributed by atoms with E-state index in [1.807, 2.05) is 68.4 Å². The van der Waals surface area contributed by atoms with Crippen molar-refractivity contribution in [3.8, 4) is 11.5 Å². The molecule has 0 unspecified atom stereocenters. The zero-order chi connectivity index (χ0) is 20.8. The molecule has 3 rings (SSSR count).